The minimum atomic E-state index is -1.70. The SMILES string of the molecule is C=C1/C=C\C(=O)C(O)[C@@H](O)COCc2cc(O)cc(O)c2C(=O)O[C@H]1C. The van der Waals surface area contributed by atoms with Gasteiger partial charge >= 0.3 is 5.97 Å². The van der Waals surface area contributed by atoms with Crippen molar-refractivity contribution in [2.24, 2.45) is 0 Å². The molecule has 1 aliphatic heterocycles. The summed E-state index contributed by atoms with van der Waals surface area (Å²) in [5, 5.41) is 39.3. The number of phenols is 2. The van der Waals surface area contributed by atoms with Crippen LogP contribution in [0.15, 0.2) is 36.4 Å². The maximum atomic E-state index is 12.4. The fourth-order valence-electron chi connectivity index (χ4n) is 2.31. The molecule has 4 N–H and O–H groups in total. The molecule has 0 bridgehead atoms. The molecule has 0 spiro atoms. The Balaban J connectivity index is 2.41. The van der Waals surface area contributed by atoms with E-state index >= 15 is 0 Å². The average Bonchev–Trinajstić information content (AvgIpc) is 2.56. The van der Waals surface area contributed by atoms with Gasteiger partial charge in [-0.15, -0.1) is 0 Å². The van der Waals surface area contributed by atoms with Crippen molar-refractivity contribution in [2.45, 2.75) is 31.8 Å². The molecule has 0 aromatic heterocycles. The zero-order valence-corrected chi connectivity index (χ0v) is 14.1. The molecule has 1 aromatic carbocycles. The van der Waals surface area contributed by atoms with Crippen molar-refractivity contribution in [2.75, 3.05) is 6.61 Å². The van der Waals surface area contributed by atoms with E-state index in [9.17, 15) is 30.0 Å². The van der Waals surface area contributed by atoms with Crippen LogP contribution in [0.25, 0.3) is 0 Å². The van der Waals surface area contributed by atoms with Crippen molar-refractivity contribution in [3.05, 3.63) is 47.6 Å². The first-order valence-electron chi connectivity index (χ1n) is 7.81. The van der Waals surface area contributed by atoms with Gasteiger partial charge in [0.05, 0.1) is 13.2 Å². The Morgan fingerprint density at radius 3 is 2.54 bits per heavy atom. The summed E-state index contributed by atoms with van der Waals surface area (Å²) >= 11 is 0. The lowest BCUT2D eigenvalue weighted by Gasteiger charge is -2.19. The molecule has 0 amide bonds. The molecule has 0 saturated heterocycles. The first kappa shape index (κ1) is 19.6. The zero-order valence-electron chi connectivity index (χ0n) is 14.1. The van der Waals surface area contributed by atoms with Gasteiger partial charge in [0.25, 0.3) is 0 Å². The highest BCUT2D eigenvalue weighted by molar-refractivity contribution is 5.95. The van der Waals surface area contributed by atoms with E-state index in [0.29, 0.717) is 0 Å². The lowest BCUT2D eigenvalue weighted by atomic mass is 10.0. The van der Waals surface area contributed by atoms with E-state index in [4.69, 9.17) is 9.47 Å². The van der Waals surface area contributed by atoms with Gasteiger partial charge in [-0.3, -0.25) is 4.79 Å². The Hall–Kier alpha value is -2.68. The van der Waals surface area contributed by atoms with Crippen LogP contribution in [-0.4, -0.2) is 57.1 Å². The highest BCUT2D eigenvalue weighted by Gasteiger charge is 2.25. The molecule has 2 rings (SSSR count). The summed E-state index contributed by atoms with van der Waals surface area (Å²) in [7, 11) is 0. The molecule has 0 saturated carbocycles. The van der Waals surface area contributed by atoms with Gasteiger partial charge in [0, 0.05) is 6.07 Å². The van der Waals surface area contributed by atoms with Crippen molar-refractivity contribution >= 4 is 11.8 Å². The lowest BCUT2D eigenvalue weighted by molar-refractivity contribution is -0.130. The Bertz CT molecular complexity index is 752. The number of hydrogen-bond donors (Lipinski definition) is 4. The second-order valence-electron chi connectivity index (χ2n) is 5.88. The number of benzene rings is 1. The van der Waals surface area contributed by atoms with Gasteiger partial charge in [0.1, 0.15) is 35.4 Å². The topological polar surface area (TPSA) is 134 Å². The highest BCUT2D eigenvalue weighted by Crippen LogP contribution is 2.29. The number of ketones is 1. The Kier molecular flexibility index (Phi) is 6.14. The monoisotopic (exact) mass is 364 g/mol. The number of esters is 1. The summed E-state index contributed by atoms with van der Waals surface area (Å²) in [6.45, 7) is 4.50. The molecular formula is C18H20O8. The van der Waals surface area contributed by atoms with Gasteiger partial charge < -0.3 is 29.9 Å². The third-order valence-corrected chi connectivity index (χ3v) is 3.86. The normalized spacial score (nSPS) is 26.6. The smallest absolute Gasteiger partial charge is 0.342 e. The van der Waals surface area contributed by atoms with Crippen molar-refractivity contribution in [3.63, 3.8) is 0 Å². The number of ether oxygens (including phenoxy) is 2. The minimum Gasteiger partial charge on any atom is -0.508 e. The molecule has 8 heteroatoms. The van der Waals surface area contributed by atoms with E-state index in [2.05, 4.69) is 6.58 Å². The van der Waals surface area contributed by atoms with Gasteiger partial charge in [0.2, 0.25) is 0 Å². The predicted octanol–water partition coefficient (Wildman–Crippen LogP) is 0.577. The zero-order chi connectivity index (χ0) is 19.4. The van der Waals surface area contributed by atoms with Crippen LogP contribution in [0.5, 0.6) is 11.5 Å². The molecule has 140 valence electrons. The molecule has 1 aromatic rings. The van der Waals surface area contributed by atoms with Gasteiger partial charge in [-0.1, -0.05) is 12.7 Å². The molecule has 1 unspecified atom stereocenters. The molecule has 1 heterocycles. The number of cyclic esters (lactones) is 1. The van der Waals surface area contributed by atoms with Crippen LogP contribution in [0.2, 0.25) is 0 Å². The molecule has 0 fully saturated rings. The van der Waals surface area contributed by atoms with Crippen LogP contribution in [0.1, 0.15) is 22.8 Å². The number of fused-ring (bicyclic) bond motifs is 1. The molecule has 0 radical (unpaired) electrons. The Morgan fingerprint density at radius 2 is 1.85 bits per heavy atom. The summed E-state index contributed by atoms with van der Waals surface area (Å²) in [6.07, 6.45) is -1.74. The maximum absolute atomic E-state index is 12.4. The van der Waals surface area contributed by atoms with Crippen molar-refractivity contribution in [3.8, 4) is 11.5 Å². The number of hydrogen-bond acceptors (Lipinski definition) is 8. The van der Waals surface area contributed by atoms with Crippen LogP contribution in [-0.2, 0) is 20.9 Å². The average molecular weight is 364 g/mol. The molecule has 3 atom stereocenters. The van der Waals surface area contributed by atoms with Crippen molar-refractivity contribution in [1.29, 1.82) is 0 Å². The van der Waals surface area contributed by atoms with Gasteiger partial charge in [-0.05, 0) is 30.2 Å². The molecule has 8 nitrogen and oxygen atoms in total. The lowest BCUT2D eigenvalue weighted by Crippen LogP contribution is -2.36. The third-order valence-electron chi connectivity index (χ3n) is 3.86. The Labute approximate surface area is 149 Å². The Morgan fingerprint density at radius 1 is 1.15 bits per heavy atom. The van der Waals surface area contributed by atoms with E-state index in [1.54, 1.807) is 0 Å². The van der Waals surface area contributed by atoms with Crippen LogP contribution in [0, 0.1) is 0 Å². The fourth-order valence-corrected chi connectivity index (χ4v) is 2.31. The van der Waals surface area contributed by atoms with Crippen molar-refractivity contribution < 1.29 is 39.5 Å². The second-order valence-corrected chi connectivity index (χ2v) is 5.88. The number of phenolic OH excluding ortho intramolecular Hbond substituents is 2. The summed E-state index contributed by atoms with van der Waals surface area (Å²) in [5.41, 5.74) is 0.182. The molecule has 1 aliphatic rings. The fraction of sp³-hybridized carbons (Fsp3) is 0.333. The van der Waals surface area contributed by atoms with E-state index < -0.39 is 42.4 Å². The standard InChI is InChI=1S/C18H20O8/c1-9-3-4-13(20)17(23)15(22)8-25-7-11-5-12(19)6-14(21)16(11)18(24)26-10(9)2/h3-6,10,15,17,19,21-23H,1,7-8H2,2H3/b4-3-/t10-,15-,17?/m0/s1. The molecule has 0 aliphatic carbocycles. The number of rotatable bonds is 0. The van der Waals surface area contributed by atoms with Crippen LogP contribution >= 0.6 is 0 Å². The number of aliphatic hydroxyl groups excluding tert-OH is 2. The summed E-state index contributed by atoms with van der Waals surface area (Å²) in [4.78, 5) is 24.2. The predicted molar refractivity (Wildman–Crippen MR) is 89.6 cm³/mol. The minimum absolute atomic E-state index is 0.117. The highest BCUT2D eigenvalue weighted by atomic mass is 16.5. The quantitative estimate of drug-likeness (QED) is 0.491. The largest absolute Gasteiger partial charge is 0.508 e. The number of aliphatic hydroxyl groups is 2. The molecule has 26 heavy (non-hydrogen) atoms. The third kappa shape index (κ3) is 4.48. The van der Waals surface area contributed by atoms with Crippen molar-refractivity contribution in [1.82, 2.24) is 0 Å². The van der Waals surface area contributed by atoms with Crippen LogP contribution in [0.3, 0.4) is 0 Å². The van der Waals surface area contributed by atoms with Gasteiger partial charge in [0.15, 0.2) is 5.78 Å². The van der Waals surface area contributed by atoms with Crippen LogP contribution in [0.4, 0.5) is 0 Å². The van der Waals surface area contributed by atoms with E-state index in [1.165, 1.54) is 19.1 Å². The first-order chi connectivity index (χ1) is 12.2. The number of carbonyl (C=O) groups is 2. The maximum Gasteiger partial charge on any atom is 0.342 e. The van der Waals surface area contributed by atoms with E-state index in [0.717, 1.165) is 12.1 Å². The number of aromatic hydroxyl groups is 2. The summed E-state index contributed by atoms with van der Waals surface area (Å²) < 4.78 is 10.4. The van der Waals surface area contributed by atoms with Gasteiger partial charge in [-0.25, -0.2) is 4.79 Å². The summed E-state index contributed by atoms with van der Waals surface area (Å²) in [6, 6.07) is 2.19. The van der Waals surface area contributed by atoms with Gasteiger partial charge in [-0.2, -0.15) is 0 Å². The van der Waals surface area contributed by atoms with Crippen LogP contribution < -0.4 is 0 Å². The summed E-state index contributed by atoms with van der Waals surface area (Å²) in [5.74, 6) is -2.42. The molecular weight excluding hydrogens is 344 g/mol. The van der Waals surface area contributed by atoms with E-state index in [-0.39, 0.29) is 29.1 Å². The van der Waals surface area contributed by atoms with E-state index in [1.807, 2.05) is 0 Å². The number of carbonyl (C=O) groups excluding carboxylic acids is 2. The first-order valence-corrected chi connectivity index (χ1v) is 7.81. The second kappa shape index (κ2) is 8.13.